The Morgan fingerprint density at radius 1 is 0.607 bits per heavy atom. The standard InChI is InChI=1S/C45H80NO9P/c1-3-5-6-7-8-9-10-11-12-13-14-19-22-25-28-31-34-37-45(49)55-43(41-54-56(50,51)53-39-38-46)40-52-44(48)36-33-30-27-24-21-18-16-15-17-20-23-26-29-32-35-42(47)4-2/h11-12,16-18,20,24,26-27,29,42-43,47H,3-10,13-15,19,21-23,25,28,30-41,46H2,1-2H3,(H,50,51)/b12-11-,18-16-,20-17-,27-24-,29-26-/t42-,43+/m0/s1. The maximum Gasteiger partial charge on any atom is 0.472 e. The molecule has 0 saturated carbocycles. The number of aliphatic hydroxyl groups is 1. The van der Waals surface area contributed by atoms with Crippen LogP contribution >= 0.6 is 7.82 Å². The lowest BCUT2D eigenvalue weighted by Crippen LogP contribution is -2.29. The van der Waals surface area contributed by atoms with Gasteiger partial charge >= 0.3 is 19.8 Å². The smallest absolute Gasteiger partial charge is 0.462 e. The van der Waals surface area contributed by atoms with Crippen LogP contribution in [0.15, 0.2) is 60.8 Å². The molecule has 0 aromatic carbocycles. The number of allylic oxidation sites excluding steroid dienone is 10. The number of unbranched alkanes of at least 4 members (excludes halogenated alkanes) is 14. The van der Waals surface area contributed by atoms with E-state index in [0.717, 1.165) is 70.6 Å². The Hall–Kier alpha value is -2.33. The van der Waals surface area contributed by atoms with Crippen LogP contribution in [0.25, 0.3) is 0 Å². The van der Waals surface area contributed by atoms with E-state index in [1.54, 1.807) is 0 Å². The van der Waals surface area contributed by atoms with Crippen molar-refractivity contribution in [2.45, 2.75) is 187 Å². The van der Waals surface area contributed by atoms with Crippen molar-refractivity contribution in [3.8, 4) is 0 Å². The number of hydrogen-bond donors (Lipinski definition) is 3. The number of phosphoric ester groups is 1. The van der Waals surface area contributed by atoms with Gasteiger partial charge in [0.25, 0.3) is 0 Å². The highest BCUT2D eigenvalue weighted by molar-refractivity contribution is 7.47. The molecule has 0 bridgehead atoms. The summed E-state index contributed by atoms with van der Waals surface area (Å²) in [7, 11) is -4.40. The topological polar surface area (TPSA) is 155 Å². The van der Waals surface area contributed by atoms with Crippen molar-refractivity contribution in [3.63, 3.8) is 0 Å². The Bertz CT molecular complexity index is 1120. The summed E-state index contributed by atoms with van der Waals surface area (Å²) in [4.78, 5) is 34.8. The first-order valence-electron chi connectivity index (χ1n) is 21.8. The first-order valence-corrected chi connectivity index (χ1v) is 23.3. The zero-order valence-corrected chi connectivity index (χ0v) is 36.1. The van der Waals surface area contributed by atoms with E-state index in [1.807, 2.05) is 13.0 Å². The second-order valence-corrected chi connectivity index (χ2v) is 15.8. The van der Waals surface area contributed by atoms with E-state index >= 15 is 0 Å². The van der Waals surface area contributed by atoms with Crippen LogP contribution in [0, 0.1) is 0 Å². The summed E-state index contributed by atoms with van der Waals surface area (Å²) < 4.78 is 32.7. The quantitative estimate of drug-likeness (QED) is 0.0236. The molecule has 324 valence electrons. The number of esters is 2. The molecule has 10 nitrogen and oxygen atoms in total. The minimum absolute atomic E-state index is 0.0378. The van der Waals surface area contributed by atoms with Gasteiger partial charge in [-0.2, -0.15) is 0 Å². The van der Waals surface area contributed by atoms with Crippen molar-refractivity contribution in [3.05, 3.63) is 60.8 Å². The molecule has 0 rings (SSSR count). The third kappa shape index (κ3) is 39.9. The molecule has 0 radical (unpaired) electrons. The van der Waals surface area contributed by atoms with Gasteiger partial charge in [0.1, 0.15) is 6.61 Å². The van der Waals surface area contributed by atoms with Gasteiger partial charge in [-0.1, -0.05) is 139 Å². The Labute approximate surface area is 341 Å². The second kappa shape index (κ2) is 40.9. The van der Waals surface area contributed by atoms with Gasteiger partial charge in [-0.15, -0.1) is 0 Å². The summed E-state index contributed by atoms with van der Waals surface area (Å²) in [5, 5.41) is 9.55. The average molecular weight is 810 g/mol. The van der Waals surface area contributed by atoms with Crippen LogP contribution in [0.4, 0.5) is 0 Å². The Morgan fingerprint density at radius 3 is 1.66 bits per heavy atom. The molecule has 0 aliphatic rings. The Balaban J connectivity index is 4.26. The third-order valence-corrected chi connectivity index (χ3v) is 10.0. The third-order valence-electron chi connectivity index (χ3n) is 9.04. The molecule has 0 saturated heterocycles. The fourth-order valence-corrected chi connectivity index (χ4v) is 6.37. The number of hydrogen-bond acceptors (Lipinski definition) is 9. The Morgan fingerprint density at radius 2 is 1.09 bits per heavy atom. The van der Waals surface area contributed by atoms with E-state index in [9.17, 15) is 24.2 Å². The van der Waals surface area contributed by atoms with Crippen LogP contribution in [0.3, 0.4) is 0 Å². The highest BCUT2D eigenvalue weighted by Gasteiger charge is 2.26. The second-order valence-electron chi connectivity index (χ2n) is 14.3. The van der Waals surface area contributed by atoms with Gasteiger partial charge in [-0.3, -0.25) is 18.6 Å². The van der Waals surface area contributed by atoms with Crippen molar-refractivity contribution in [2.75, 3.05) is 26.4 Å². The average Bonchev–Trinajstić information content (AvgIpc) is 3.18. The van der Waals surface area contributed by atoms with Crippen LogP contribution in [-0.2, 0) is 32.7 Å². The molecule has 0 aliphatic heterocycles. The van der Waals surface area contributed by atoms with E-state index in [1.165, 1.54) is 64.2 Å². The predicted molar refractivity (Wildman–Crippen MR) is 230 cm³/mol. The molecule has 11 heteroatoms. The zero-order valence-electron chi connectivity index (χ0n) is 35.2. The highest BCUT2D eigenvalue weighted by Crippen LogP contribution is 2.43. The number of carbonyl (C=O) groups excluding carboxylic acids is 2. The predicted octanol–water partition coefficient (Wildman–Crippen LogP) is 11.5. The monoisotopic (exact) mass is 810 g/mol. The normalized spacial score (nSPS) is 14.4. The zero-order chi connectivity index (χ0) is 41.2. The van der Waals surface area contributed by atoms with Gasteiger partial charge in [0.05, 0.1) is 19.3 Å². The maximum absolute atomic E-state index is 12.6. The van der Waals surface area contributed by atoms with E-state index in [-0.39, 0.29) is 38.7 Å². The summed E-state index contributed by atoms with van der Waals surface area (Å²) in [6.07, 6.45) is 44.8. The fraction of sp³-hybridized carbons (Fsp3) is 0.733. The minimum atomic E-state index is -4.40. The van der Waals surface area contributed by atoms with Crippen molar-refractivity contribution in [1.29, 1.82) is 0 Å². The van der Waals surface area contributed by atoms with Crippen molar-refractivity contribution in [1.82, 2.24) is 0 Å². The van der Waals surface area contributed by atoms with E-state index in [2.05, 4.69) is 61.6 Å². The molecule has 0 spiro atoms. The molecule has 0 aromatic heterocycles. The van der Waals surface area contributed by atoms with Gasteiger partial charge in [-0.05, 0) is 83.5 Å². The number of nitrogens with two attached hydrogens (primary N) is 1. The fourth-order valence-electron chi connectivity index (χ4n) is 5.60. The van der Waals surface area contributed by atoms with Crippen LogP contribution in [0.5, 0.6) is 0 Å². The van der Waals surface area contributed by atoms with Crippen molar-refractivity contribution < 1.29 is 42.7 Å². The highest BCUT2D eigenvalue weighted by atomic mass is 31.2. The molecule has 4 N–H and O–H groups in total. The summed E-state index contributed by atoms with van der Waals surface area (Å²) in [6, 6.07) is 0. The molecule has 0 aliphatic carbocycles. The largest absolute Gasteiger partial charge is 0.472 e. The lowest BCUT2D eigenvalue weighted by atomic mass is 10.1. The molecular weight excluding hydrogens is 729 g/mol. The summed E-state index contributed by atoms with van der Waals surface area (Å²) in [6.45, 7) is 3.36. The lowest BCUT2D eigenvalue weighted by Gasteiger charge is -2.19. The van der Waals surface area contributed by atoms with Crippen molar-refractivity contribution in [2.24, 2.45) is 5.73 Å². The molecular formula is C45H80NO9P. The molecule has 3 atom stereocenters. The number of rotatable bonds is 40. The van der Waals surface area contributed by atoms with Crippen LogP contribution in [-0.4, -0.2) is 60.5 Å². The molecule has 1 unspecified atom stereocenters. The number of aliphatic hydroxyl groups excluding tert-OH is 1. The van der Waals surface area contributed by atoms with Gasteiger partial charge in [0.15, 0.2) is 6.10 Å². The van der Waals surface area contributed by atoms with Gasteiger partial charge in [0.2, 0.25) is 0 Å². The molecule has 0 amide bonds. The number of ether oxygens (including phenoxy) is 2. The van der Waals surface area contributed by atoms with Crippen LogP contribution in [0.1, 0.15) is 174 Å². The maximum atomic E-state index is 12.6. The molecule has 56 heavy (non-hydrogen) atoms. The molecule has 0 aromatic rings. The van der Waals surface area contributed by atoms with E-state index in [0.29, 0.717) is 12.8 Å². The van der Waals surface area contributed by atoms with Gasteiger partial charge in [-0.25, -0.2) is 4.57 Å². The van der Waals surface area contributed by atoms with Crippen LogP contribution in [0.2, 0.25) is 0 Å². The van der Waals surface area contributed by atoms with Gasteiger partial charge < -0.3 is 25.2 Å². The SMILES string of the molecule is CCCCCCCC/C=C\CCCCCCCCCC(=O)O[C@H](COC(=O)CCC/C=C\C/C=C\C/C=C\C/C=C\CC[C@@H](O)CC)COP(=O)(O)OCCN. The van der Waals surface area contributed by atoms with Crippen LogP contribution < -0.4 is 5.73 Å². The molecule has 0 heterocycles. The van der Waals surface area contributed by atoms with Gasteiger partial charge in [0, 0.05) is 19.4 Å². The lowest BCUT2D eigenvalue weighted by molar-refractivity contribution is -0.161. The summed E-state index contributed by atoms with van der Waals surface area (Å²) >= 11 is 0. The van der Waals surface area contributed by atoms with E-state index < -0.39 is 32.5 Å². The van der Waals surface area contributed by atoms with Crippen molar-refractivity contribution >= 4 is 19.8 Å². The van der Waals surface area contributed by atoms with E-state index in [4.69, 9.17) is 24.3 Å². The first-order chi connectivity index (χ1) is 27.2. The first kappa shape index (κ1) is 53.7. The number of carbonyl (C=O) groups is 2. The Kier molecular flexibility index (Phi) is 39.2. The summed E-state index contributed by atoms with van der Waals surface area (Å²) in [5.41, 5.74) is 5.34. The minimum Gasteiger partial charge on any atom is -0.462 e. The number of phosphoric acid groups is 1. The molecule has 0 fully saturated rings. The summed E-state index contributed by atoms with van der Waals surface area (Å²) in [5.74, 6) is -0.920.